The number of hydrogen-bond donors (Lipinski definition) is 2. The van der Waals surface area contributed by atoms with Crippen molar-refractivity contribution in [2.45, 2.75) is 25.5 Å². The van der Waals surface area contributed by atoms with Crippen molar-refractivity contribution in [1.82, 2.24) is 14.9 Å². The number of carbonyl (C=O) groups is 1. The van der Waals surface area contributed by atoms with E-state index in [4.69, 9.17) is 4.42 Å². The molecule has 0 aliphatic carbocycles. The average molecular weight is 378 g/mol. The Bertz CT molecular complexity index is 928. The molecule has 1 unspecified atom stereocenters. The standard InChI is InChI=1S/C21H22N4O3/c26-16-8-4-10-25(14-16)21(27)18-13-23-19(15-6-2-1-3-7-15)24-20(18)22-12-17-9-5-11-28-17/h1-3,5-7,9,11,13,16,26H,4,8,10,12,14H2,(H,22,23,24). The van der Waals surface area contributed by atoms with Crippen LogP contribution in [0.3, 0.4) is 0 Å². The summed E-state index contributed by atoms with van der Waals surface area (Å²) in [7, 11) is 0. The summed E-state index contributed by atoms with van der Waals surface area (Å²) in [4.78, 5) is 23.7. The summed E-state index contributed by atoms with van der Waals surface area (Å²) in [6.07, 6.45) is 4.18. The fraction of sp³-hybridized carbons (Fsp3) is 0.286. The number of nitrogens with zero attached hydrogens (tertiary/aromatic N) is 3. The predicted molar refractivity (Wildman–Crippen MR) is 105 cm³/mol. The number of likely N-dealkylation sites (tertiary alicyclic amines) is 1. The molecular weight excluding hydrogens is 356 g/mol. The Morgan fingerprint density at radius 1 is 1.25 bits per heavy atom. The van der Waals surface area contributed by atoms with Crippen molar-refractivity contribution < 1.29 is 14.3 Å². The summed E-state index contributed by atoms with van der Waals surface area (Å²) < 4.78 is 5.37. The number of piperidine rings is 1. The van der Waals surface area contributed by atoms with Gasteiger partial charge in [0.15, 0.2) is 5.82 Å². The molecule has 1 aliphatic rings. The van der Waals surface area contributed by atoms with E-state index in [-0.39, 0.29) is 5.91 Å². The van der Waals surface area contributed by atoms with E-state index in [9.17, 15) is 9.90 Å². The monoisotopic (exact) mass is 378 g/mol. The summed E-state index contributed by atoms with van der Waals surface area (Å²) in [5.74, 6) is 1.56. The zero-order valence-corrected chi connectivity index (χ0v) is 15.4. The average Bonchev–Trinajstić information content (AvgIpc) is 3.26. The lowest BCUT2D eigenvalue weighted by Crippen LogP contribution is -2.42. The number of anilines is 1. The van der Waals surface area contributed by atoms with Crippen molar-refractivity contribution in [2.24, 2.45) is 0 Å². The van der Waals surface area contributed by atoms with E-state index in [1.165, 1.54) is 0 Å². The number of amides is 1. The van der Waals surface area contributed by atoms with Crippen LogP contribution in [0, 0.1) is 0 Å². The van der Waals surface area contributed by atoms with Crippen LogP contribution in [0.4, 0.5) is 5.82 Å². The smallest absolute Gasteiger partial charge is 0.259 e. The highest BCUT2D eigenvalue weighted by Crippen LogP contribution is 2.22. The van der Waals surface area contributed by atoms with Crippen LogP contribution in [0.5, 0.6) is 0 Å². The molecule has 0 saturated carbocycles. The van der Waals surface area contributed by atoms with Gasteiger partial charge in [-0.05, 0) is 25.0 Å². The minimum Gasteiger partial charge on any atom is -0.467 e. The second kappa shape index (κ2) is 8.22. The van der Waals surface area contributed by atoms with E-state index in [2.05, 4.69) is 15.3 Å². The van der Waals surface area contributed by atoms with Crippen LogP contribution in [0.25, 0.3) is 11.4 Å². The first-order chi connectivity index (χ1) is 13.7. The molecule has 3 aromatic rings. The van der Waals surface area contributed by atoms with Gasteiger partial charge >= 0.3 is 0 Å². The highest BCUT2D eigenvalue weighted by Gasteiger charge is 2.26. The Labute approximate surface area is 163 Å². The van der Waals surface area contributed by atoms with E-state index < -0.39 is 6.10 Å². The van der Waals surface area contributed by atoms with Crippen molar-refractivity contribution in [3.8, 4) is 11.4 Å². The Morgan fingerprint density at radius 2 is 2.11 bits per heavy atom. The highest BCUT2D eigenvalue weighted by molar-refractivity contribution is 5.98. The summed E-state index contributed by atoms with van der Waals surface area (Å²) in [6.45, 7) is 1.35. The molecule has 1 amide bonds. The molecule has 1 aromatic carbocycles. The number of carbonyl (C=O) groups excluding carboxylic acids is 1. The first kappa shape index (κ1) is 18.2. The molecule has 1 aliphatic heterocycles. The maximum absolute atomic E-state index is 13.0. The summed E-state index contributed by atoms with van der Waals surface area (Å²) >= 11 is 0. The molecule has 0 bridgehead atoms. The number of hydrogen-bond acceptors (Lipinski definition) is 6. The first-order valence-corrected chi connectivity index (χ1v) is 9.37. The zero-order chi connectivity index (χ0) is 19.3. The lowest BCUT2D eigenvalue weighted by molar-refractivity contribution is 0.0474. The number of furan rings is 1. The fourth-order valence-electron chi connectivity index (χ4n) is 3.29. The maximum Gasteiger partial charge on any atom is 0.259 e. The van der Waals surface area contributed by atoms with E-state index in [1.807, 2.05) is 42.5 Å². The fourth-order valence-corrected chi connectivity index (χ4v) is 3.29. The molecule has 0 spiro atoms. The molecule has 1 fully saturated rings. The van der Waals surface area contributed by atoms with Gasteiger partial charge in [0.05, 0.1) is 18.9 Å². The molecule has 4 rings (SSSR count). The molecule has 7 heteroatoms. The van der Waals surface area contributed by atoms with Gasteiger partial charge in [-0.3, -0.25) is 4.79 Å². The van der Waals surface area contributed by atoms with Crippen molar-refractivity contribution in [1.29, 1.82) is 0 Å². The van der Waals surface area contributed by atoms with E-state index in [0.29, 0.717) is 36.8 Å². The van der Waals surface area contributed by atoms with Gasteiger partial charge in [-0.15, -0.1) is 0 Å². The van der Waals surface area contributed by atoms with Crippen LogP contribution in [-0.2, 0) is 6.54 Å². The quantitative estimate of drug-likeness (QED) is 0.709. The summed E-state index contributed by atoms with van der Waals surface area (Å²) in [5.41, 5.74) is 1.26. The molecule has 0 radical (unpaired) electrons. The Morgan fingerprint density at radius 3 is 2.86 bits per heavy atom. The lowest BCUT2D eigenvalue weighted by atomic mass is 10.1. The van der Waals surface area contributed by atoms with Crippen LogP contribution in [0.2, 0.25) is 0 Å². The van der Waals surface area contributed by atoms with Crippen molar-refractivity contribution >= 4 is 11.7 Å². The Balaban J connectivity index is 1.64. The van der Waals surface area contributed by atoms with E-state index in [0.717, 1.165) is 24.2 Å². The molecule has 7 nitrogen and oxygen atoms in total. The third-order valence-corrected chi connectivity index (χ3v) is 4.75. The number of aliphatic hydroxyl groups excluding tert-OH is 1. The molecular formula is C21H22N4O3. The molecule has 2 N–H and O–H groups in total. The second-order valence-electron chi connectivity index (χ2n) is 6.80. The Hall–Kier alpha value is -3.19. The van der Waals surface area contributed by atoms with Gasteiger partial charge in [0.1, 0.15) is 17.1 Å². The predicted octanol–water partition coefficient (Wildman–Crippen LogP) is 2.95. The van der Waals surface area contributed by atoms with Crippen molar-refractivity contribution in [3.05, 3.63) is 66.2 Å². The van der Waals surface area contributed by atoms with Crippen LogP contribution < -0.4 is 5.32 Å². The summed E-state index contributed by atoms with van der Waals surface area (Å²) in [6, 6.07) is 13.3. The van der Waals surface area contributed by atoms with Crippen molar-refractivity contribution in [2.75, 3.05) is 18.4 Å². The number of rotatable bonds is 5. The van der Waals surface area contributed by atoms with Gasteiger partial charge < -0.3 is 19.7 Å². The van der Waals surface area contributed by atoms with E-state index >= 15 is 0 Å². The lowest BCUT2D eigenvalue weighted by Gasteiger charge is -2.30. The number of nitrogens with one attached hydrogen (secondary N) is 1. The van der Waals surface area contributed by atoms with Crippen LogP contribution in [-0.4, -0.2) is 45.1 Å². The summed E-state index contributed by atoms with van der Waals surface area (Å²) in [5, 5.41) is 13.1. The Kier molecular flexibility index (Phi) is 5.34. The van der Waals surface area contributed by atoms with Gasteiger partial charge in [0, 0.05) is 24.8 Å². The highest BCUT2D eigenvalue weighted by atomic mass is 16.3. The topological polar surface area (TPSA) is 91.5 Å². The van der Waals surface area contributed by atoms with Gasteiger partial charge in [-0.1, -0.05) is 30.3 Å². The second-order valence-corrected chi connectivity index (χ2v) is 6.80. The minimum absolute atomic E-state index is 0.180. The third kappa shape index (κ3) is 4.04. The largest absolute Gasteiger partial charge is 0.467 e. The maximum atomic E-state index is 13.0. The van der Waals surface area contributed by atoms with Crippen LogP contribution in [0.1, 0.15) is 29.0 Å². The normalized spacial score (nSPS) is 16.8. The minimum atomic E-state index is -0.485. The molecule has 3 heterocycles. The van der Waals surface area contributed by atoms with Gasteiger partial charge in [-0.2, -0.15) is 0 Å². The number of β-amino-alcohol motifs (C(OH)–C–C–N with tert-alkyl or cyclic N) is 1. The number of aromatic nitrogens is 2. The molecule has 28 heavy (non-hydrogen) atoms. The van der Waals surface area contributed by atoms with Gasteiger partial charge in [-0.25, -0.2) is 9.97 Å². The molecule has 2 aromatic heterocycles. The van der Waals surface area contributed by atoms with Gasteiger partial charge in [0.2, 0.25) is 0 Å². The molecule has 1 atom stereocenters. The van der Waals surface area contributed by atoms with Gasteiger partial charge in [0.25, 0.3) is 5.91 Å². The van der Waals surface area contributed by atoms with Crippen molar-refractivity contribution in [3.63, 3.8) is 0 Å². The van der Waals surface area contributed by atoms with E-state index in [1.54, 1.807) is 17.4 Å². The SMILES string of the molecule is O=C(c1cnc(-c2ccccc2)nc1NCc1ccco1)N1CCCC(O)C1. The zero-order valence-electron chi connectivity index (χ0n) is 15.4. The molecule has 1 saturated heterocycles. The number of benzene rings is 1. The molecule has 144 valence electrons. The van der Waals surface area contributed by atoms with Crippen LogP contribution in [0.15, 0.2) is 59.3 Å². The number of aliphatic hydroxyl groups is 1. The van der Waals surface area contributed by atoms with Crippen LogP contribution >= 0.6 is 0 Å². The third-order valence-electron chi connectivity index (χ3n) is 4.75. The first-order valence-electron chi connectivity index (χ1n) is 9.37.